The number of hydrogen-bond donors (Lipinski definition) is 2. The van der Waals surface area contributed by atoms with E-state index in [2.05, 4.69) is 20.5 Å². The highest BCUT2D eigenvalue weighted by molar-refractivity contribution is 6.03. The summed E-state index contributed by atoms with van der Waals surface area (Å²) in [5.41, 5.74) is 1.14. The molecule has 0 aliphatic heterocycles. The largest absolute Gasteiger partial charge is 0.383 e. The van der Waals surface area contributed by atoms with Gasteiger partial charge in [-0.15, -0.1) is 0 Å². The SMILES string of the molecule is CN(C)CCNc1ccc(NC(=O)c2cccc(F)c2)nc1. The second-order valence-corrected chi connectivity index (χ2v) is 5.13. The van der Waals surface area contributed by atoms with Gasteiger partial charge in [0.25, 0.3) is 5.91 Å². The van der Waals surface area contributed by atoms with Gasteiger partial charge >= 0.3 is 0 Å². The predicted octanol–water partition coefficient (Wildman–Crippen LogP) is 2.45. The maximum atomic E-state index is 13.1. The van der Waals surface area contributed by atoms with E-state index in [-0.39, 0.29) is 11.5 Å². The van der Waals surface area contributed by atoms with Crippen molar-refractivity contribution < 1.29 is 9.18 Å². The van der Waals surface area contributed by atoms with Gasteiger partial charge in [0.2, 0.25) is 0 Å². The van der Waals surface area contributed by atoms with E-state index in [4.69, 9.17) is 0 Å². The van der Waals surface area contributed by atoms with Crippen LogP contribution in [0.15, 0.2) is 42.6 Å². The van der Waals surface area contributed by atoms with Crippen LogP contribution in [0.2, 0.25) is 0 Å². The number of likely N-dealkylation sites (N-methyl/N-ethyl adjacent to an activating group) is 1. The molecule has 2 N–H and O–H groups in total. The van der Waals surface area contributed by atoms with Gasteiger partial charge in [0.05, 0.1) is 11.9 Å². The molecule has 2 aromatic rings. The van der Waals surface area contributed by atoms with E-state index in [1.165, 1.54) is 18.2 Å². The Morgan fingerprint density at radius 3 is 2.73 bits per heavy atom. The summed E-state index contributed by atoms with van der Waals surface area (Å²) in [5.74, 6) is -0.409. The normalized spacial score (nSPS) is 10.5. The molecule has 0 saturated carbocycles. The molecule has 116 valence electrons. The van der Waals surface area contributed by atoms with Crippen LogP contribution in [0.3, 0.4) is 0 Å². The van der Waals surface area contributed by atoms with Crippen molar-refractivity contribution in [2.75, 3.05) is 37.8 Å². The molecule has 0 aliphatic carbocycles. The molecule has 0 atom stereocenters. The molecule has 0 fully saturated rings. The lowest BCUT2D eigenvalue weighted by Crippen LogP contribution is -2.20. The second kappa shape index (κ2) is 7.51. The van der Waals surface area contributed by atoms with Crippen LogP contribution in [-0.4, -0.2) is 43.0 Å². The van der Waals surface area contributed by atoms with Crippen molar-refractivity contribution >= 4 is 17.4 Å². The van der Waals surface area contributed by atoms with Gasteiger partial charge in [0, 0.05) is 18.7 Å². The molecule has 0 radical (unpaired) electrons. The summed E-state index contributed by atoms with van der Waals surface area (Å²) in [4.78, 5) is 18.2. The van der Waals surface area contributed by atoms with Crippen LogP contribution in [-0.2, 0) is 0 Å². The zero-order chi connectivity index (χ0) is 15.9. The summed E-state index contributed by atoms with van der Waals surface area (Å²) in [6.07, 6.45) is 1.65. The van der Waals surface area contributed by atoms with Crippen LogP contribution in [0.4, 0.5) is 15.9 Å². The average Bonchev–Trinajstić information content (AvgIpc) is 2.48. The molecule has 1 amide bonds. The van der Waals surface area contributed by atoms with Gasteiger partial charge in [0.15, 0.2) is 0 Å². The maximum Gasteiger partial charge on any atom is 0.256 e. The number of aromatic nitrogens is 1. The maximum absolute atomic E-state index is 13.1. The van der Waals surface area contributed by atoms with Crippen molar-refractivity contribution in [2.24, 2.45) is 0 Å². The number of nitrogens with zero attached hydrogens (tertiary/aromatic N) is 2. The van der Waals surface area contributed by atoms with Crippen LogP contribution in [0.5, 0.6) is 0 Å². The topological polar surface area (TPSA) is 57.3 Å². The zero-order valence-corrected chi connectivity index (χ0v) is 12.6. The van der Waals surface area contributed by atoms with Crippen LogP contribution in [0.25, 0.3) is 0 Å². The molecule has 0 spiro atoms. The number of halogens is 1. The van der Waals surface area contributed by atoms with E-state index >= 15 is 0 Å². The van der Waals surface area contributed by atoms with E-state index in [0.29, 0.717) is 5.82 Å². The monoisotopic (exact) mass is 302 g/mol. The Labute approximate surface area is 129 Å². The molecule has 5 nitrogen and oxygen atoms in total. The van der Waals surface area contributed by atoms with Crippen molar-refractivity contribution in [3.63, 3.8) is 0 Å². The number of nitrogens with one attached hydrogen (secondary N) is 2. The minimum absolute atomic E-state index is 0.259. The molecule has 22 heavy (non-hydrogen) atoms. The summed E-state index contributed by atoms with van der Waals surface area (Å²) < 4.78 is 13.1. The predicted molar refractivity (Wildman–Crippen MR) is 85.6 cm³/mol. The summed E-state index contributed by atoms with van der Waals surface area (Å²) in [6.45, 7) is 1.72. The van der Waals surface area contributed by atoms with E-state index in [1.54, 1.807) is 18.3 Å². The highest BCUT2D eigenvalue weighted by atomic mass is 19.1. The van der Waals surface area contributed by atoms with Crippen molar-refractivity contribution in [1.29, 1.82) is 0 Å². The summed E-state index contributed by atoms with van der Waals surface area (Å²) in [7, 11) is 4.01. The molecule has 0 aliphatic rings. The molecule has 1 aromatic carbocycles. The van der Waals surface area contributed by atoms with Crippen molar-refractivity contribution in [3.8, 4) is 0 Å². The summed E-state index contributed by atoms with van der Waals surface area (Å²) in [5, 5.41) is 5.86. The molecule has 1 aromatic heterocycles. The Kier molecular flexibility index (Phi) is 5.43. The fourth-order valence-corrected chi connectivity index (χ4v) is 1.81. The highest BCUT2D eigenvalue weighted by Gasteiger charge is 2.07. The van der Waals surface area contributed by atoms with Gasteiger partial charge in [-0.3, -0.25) is 4.79 Å². The summed E-state index contributed by atoms with van der Waals surface area (Å²) >= 11 is 0. The number of hydrogen-bond acceptors (Lipinski definition) is 4. The third-order valence-corrected chi connectivity index (χ3v) is 2.98. The number of amides is 1. The molecule has 1 heterocycles. The van der Waals surface area contributed by atoms with Crippen LogP contribution < -0.4 is 10.6 Å². The Bertz CT molecular complexity index is 628. The van der Waals surface area contributed by atoms with E-state index in [1.807, 2.05) is 20.2 Å². The molecular formula is C16H19FN4O. The van der Waals surface area contributed by atoms with Gasteiger partial charge in [0.1, 0.15) is 11.6 Å². The van der Waals surface area contributed by atoms with E-state index < -0.39 is 5.82 Å². The molecule has 0 unspecified atom stereocenters. The first kappa shape index (κ1) is 15.9. The van der Waals surface area contributed by atoms with Crippen molar-refractivity contribution in [2.45, 2.75) is 0 Å². The number of anilines is 2. The third-order valence-electron chi connectivity index (χ3n) is 2.98. The molecule has 0 bridgehead atoms. The lowest BCUT2D eigenvalue weighted by atomic mass is 10.2. The third kappa shape index (κ3) is 4.82. The van der Waals surface area contributed by atoms with Gasteiger partial charge in [-0.1, -0.05) is 6.07 Å². The number of carbonyl (C=O) groups excluding carboxylic acids is 1. The number of pyridine rings is 1. The Hall–Kier alpha value is -2.47. The number of rotatable bonds is 6. The highest BCUT2D eigenvalue weighted by Crippen LogP contribution is 2.11. The second-order valence-electron chi connectivity index (χ2n) is 5.13. The van der Waals surface area contributed by atoms with Gasteiger partial charge in [-0.05, 0) is 44.4 Å². The lowest BCUT2D eigenvalue weighted by molar-refractivity contribution is 0.102. The Morgan fingerprint density at radius 1 is 1.27 bits per heavy atom. The number of carbonyl (C=O) groups is 1. The first-order valence-electron chi connectivity index (χ1n) is 6.96. The smallest absolute Gasteiger partial charge is 0.256 e. The van der Waals surface area contributed by atoms with Crippen molar-refractivity contribution in [3.05, 3.63) is 54.0 Å². The van der Waals surface area contributed by atoms with Crippen LogP contribution in [0, 0.1) is 5.82 Å². The first-order chi connectivity index (χ1) is 10.5. The first-order valence-corrected chi connectivity index (χ1v) is 6.96. The minimum atomic E-state index is -0.443. The molecule has 6 heteroatoms. The van der Waals surface area contributed by atoms with E-state index in [0.717, 1.165) is 18.8 Å². The molecular weight excluding hydrogens is 283 g/mol. The lowest BCUT2D eigenvalue weighted by Gasteiger charge is -2.11. The van der Waals surface area contributed by atoms with Crippen LogP contribution in [0.1, 0.15) is 10.4 Å². The Balaban J connectivity index is 1.92. The summed E-state index contributed by atoms with van der Waals surface area (Å²) in [6, 6.07) is 9.07. The Morgan fingerprint density at radius 2 is 2.09 bits per heavy atom. The fraction of sp³-hybridized carbons (Fsp3) is 0.250. The average molecular weight is 302 g/mol. The quantitative estimate of drug-likeness (QED) is 0.860. The van der Waals surface area contributed by atoms with Gasteiger partial charge in [-0.2, -0.15) is 0 Å². The molecule has 0 saturated heterocycles. The minimum Gasteiger partial charge on any atom is -0.383 e. The van der Waals surface area contributed by atoms with Crippen molar-refractivity contribution in [1.82, 2.24) is 9.88 Å². The van der Waals surface area contributed by atoms with Gasteiger partial charge in [-0.25, -0.2) is 9.37 Å². The number of benzene rings is 1. The van der Waals surface area contributed by atoms with Crippen LogP contribution >= 0.6 is 0 Å². The molecule has 2 rings (SSSR count). The van der Waals surface area contributed by atoms with E-state index in [9.17, 15) is 9.18 Å². The van der Waals surface area contributed by atoms with Gasteiger partial charge < -0.3 is 15.5 Å². The fourth-order valence-electron chi connectivity index (χ4n) is 1.81. The standard InChI is InChI=1S/C16H19FN4O/c1-21(2)9-8-18-14-6-7-15(19-11-14)20-16(22)12-4-3-5-13(17)10-12/h3-7,10-11,18H,8-9H2,1-2H3,(H,19,20,22). The zero-order valence-electron chi connectivity index (χ0n) is 12.6.